The molecule has 0 saturated carbocycles. The van der Waals surface area contributed by atoms with Crippen molar-refractivity contribution in [3.8, 4) is 5.75 Å². The first kappa shape index (κ1) is 18.3. The predicted molar refractivity (Wildman–Crippen MR) is 104 cm³/mol. The highest BCUT2D eigenvalue weighted by Gasteiger charge is 2.22. The van der Waals surface area contributed by atoms with Crippen LogP contribution in [-0.4, -0.2) is 47.4 Å². The molecule has 26 heavy (non-hydrogen) atoms. The number of hydrogen-bond donors (Lipinski definition) is 1. The summed E-state index contributed by atoms with van der Waals surface area (Å²) in [6, 6.07) is 14.8. The van der Waals surface area contributed by atoms with Crippen molar-refractivity contribution in [1.29, 1.82) is 0 Å². The van der Waals surface area contributed by atoms with Gasteiger partial charge in [0, 0.05) is 25.5 Å². The minimum absolute atomic E-state index is 0.288. The molecule has 0 bridgehead atoms. The Labute approximate surface area is 154 Å². The van der Waals surface area contributed by atoms with E-state index in [1.165, 1.54) is 17.5 Å². The van der Waals surface area contributed by atoms with Crippen LogP contribution in [0.25, 0.3) is 0 Å². The summed E-state index contributed by atoms with van der Waals surface area (Å²) in [5.41, 5.74) is 2.52. The summed E-state index contributed by atoms with van der Waals surface area (Å²) in [6.07, 6.45) is 2.20. The van der Waals surface area contributed by atoms with Gasteiger partial charge in [-0.2, -0.15) is 0 Å². The highest BCUT2D eigenvalue weighted by Crippen LogP contribution is 2.27. The minimum atomic E-state index is -3.18. The summed E-state index contributed by atoms with van der Waals surface area (Å²) in [4.78, 5) is 6.83. The molecule has 7 heteroatoms. The van der Waals surface area contributed by atoms with Crippen LogP contribution in [0, 0.1) is 0 Å². The minimum Gasteiger partial charge on any atom is -0.492 e. The van der Waals surface area contributed by atoms with E-state index in [0.29, 0.717) is 18.9 Å². The Kier molecular flexibility index (Phi) is 5.46. The molecule has 0 aliphatic carbocycles. The van der Waals surface area contributed by atoms with Crippen LogP contribution in [0.3, 0.4) is 0 Å². The van der Waals surface area contributed by atoms with E-state index in [1.807, 2.05) is 6.07 Å². The molecule has 1 heterocycles. The van der Waals surface area contributed by atoms with Gasteiger partial charge in [-0.1, -0.05) is 18.2 Å². The van der Waals surface area contributed by atoms with Crippen molar-refractivity contribution in [2.24, 2.45) is 4.99 Å². The fraction of sp³-hybridized carbons (Fsp3) is 0.316. The Balaban J connectivity index is 1.52. The van der Waals surface area contributed by atoms with Crippen LogP contribution in [0.4, 0.5) is 5.69 Å². The van der Waals surface area contributed by atoms with Gasteiger partial charge in [0.2, 0.25) is 0 Å². The van der Waals surface area contributed by atoms with Crippen molar-refractivity contribution in [2.75, 3.05) is 37.9 Å². The third kappa shape index (κ3) is 4.16. The van der Waals surface area contributed by atoms with Gasteiger partial charge in [0.05, 0.1) is 11.4 Å². The number of para-hydroxylation sites is 1. The van der Waals surface area contributed by atoms with Crippen molar-refractivity contribution in [1.82, 2.24) is 5.32 Å². The molecule has 2 aromatic rings. The number of fused-ring (bicyclic) bond motifs is 1. The Morgan fingerprint density at radius 1 is 1.19 bits per heavy atom. The smallest absolute Gasteiger partial charge is 0.198 e. The number of aliphatic imine (C=N–C) groups is 1. The zero-order chi connectivity index (χ0) is 18.6. The number of ether oxygens (including phenoxy) is 1. The number of anilines is 1. The molecule has 1 aliphatic heterocycles. The lowest BCUT2D eigenvalue weighted by atomic mass is 10.2. The van der Waals surface area contributed by atoms with Gasteiger partial charge in [-0.25, -0.2) is 8.42 Å². The first-order valence-corrected chi connectivity index (χ1v) is 10.4. The first-order valence-electron chi connectivity index (χ1n) is 8.48. The average molecular weight is 373 g/mol. The fourth-order valence-electron chi connectivity index (χ4n) is 2.97. The molecule has 1 N–H and O–H groups in total. The molecule has 0 saturated heterocycles. The Bertz CT molecular complexity index is 893. The largest absolute Gasteiger partial charge is 0.492 e. The van der Waals surface area contributed by atoms with E-state index in [4.69, 9.17) is 4.74 Å². The number of guanidine groups is 1. The second kappa shape index (κ2) is 7.78. The summed E-state index contributed by atoms with van der Waals surface area (Å²) in [5, 5.41) is 3.31. The zero-order valence-corrected chi connectivity index (χ0v) is 15.8. The molecule has 3 rings (SSSR count). The third-order valence-electron chi connectivity index (χ3n) is 4.26. The van der Waals surface area contributed by atoms with Crippen LogP contribution in [0.1, 0.15) is 5.56 Å². The predicted octanol–water partition coefficient (Wildman–Crippen LogP) is 2.11. The standard InChI is InChI=1S/C19H23N3O3S/c1-20-19(22-13-11-15-5-3-4-6-18(15)22)21-12-14-25-16-7-9-17(10-8-16)26(2,23)24/h3-10H,11-14H2,1-2H3,(H,20,21). The van der Waals surface area contributed by atoms with Crippen molar-refractivity contribution in [2.45, 2.75) is 11.3 Å². The van der Waals surface area contributed by atoms with Crippen molar-refractivity contribution >= 4 is 21.5 Å². The number of nitrogens with one attached hydrogen (secondary N) is 1. The van der Waals surface area contributed by atoms with Crippen molar-refractivity contribution in [3.05, 3.63) is 54.1 Å². The monoisotopic (exact) mass is 373 g/mol. The first-order chi connectivity index (χ1) is 12.5. The molecule has 2 aromatic carbocycles. The number of nitrogens with zero attached hydrogens (tertiary/aromatic N) is 2. The third-order valence-corrected chi connectivity index (χ3v) is 5.39. The van der Waals surface area contributed by atoms with Crippen LogP contribution < -0.4 is 15.0 Å². The SMILES string of the molecule is CN=C(NCCOc1ccc(S(C)(=O)=O)cc1)N1CCc2ccccc21. The van der Waals surface area contributed by atoms with Gasteiger partial charge in [0.1, 0.15) is 12.4 Å². The van der Waals surface area contributed by atoms with Crippen LogP contribution >= 0.6 is 0 Å². The quantitative estimate of drug-likeness (QED) is 0.494. The molecular weight excluding hydrogens is 350 g/mol. The molecule has 6 nitrogen and oxygen atoms in total. The molecule has 0 aromatic heterocycles. The number of sulfone groups is 1. The van der Waals surface area contributed by atoms with Crippen LogP contribution in [0.2, 0.25) is 0 Å². The normalized spacial score (nSPS) is 14.2. The van der Waals surface area contributed by atoms with Gasteiger partial charge in [-0.3, -0.25) is 4.99 Å². The second-order valence-electron chi connectivity index (χ2n) is 6.10. The van der Waals surface area contributed by atoms with Crippen molar-refractivity contribution < 1.29 is 13.2 Å². The van der Waals surface area contributed by atoms with Gasteiger partial charge < -0.3 is 15.0 Å². The van der Waals surface area contributed by atoms with Crippen LogP contribution in [0.5, 0.6) is 5.75 Å². The molecule has 1 aliphatic rings. The molecule has 0 unspecified atom stereocenters. The maximum Gasteiger partial charge on any atom is 0.198 e. The van der Waals surface area contributed by atoms with E-state index >= 15 is 0 Å². The van der Waals surface area contributed by atoms with E-state index in [-0.39, 0.29) is 4.90 Å². The lowest BCUT2D eigenvalue weighted by molar-refractivity contribution is 0.322. The molecule has 0 radical (unpaired) electrons. The molecule has 0 spiro atoms. The van der Waals surface area contributed by atoms with E-state index < -0.39 is 9.84 Å². The number of benzene rings is 2. The highest BCUT2D eigenvalue weighted by molar-refractivity contribution is 7.90. The number of rotatable bonds is 5. The van der Waals surface area contributed by atoms with E-state index in [1.54, 1.807) is 31.3 Å². The summed E-state index contributed by atoms with van der Waals surface area (Å²) < 4.78 is 28.6. The maximum atomic E-state index is 11.5. The Morgan fingerprint density at radius 3 is 2.62 bits per heavy atom. The summed E-state index contributed by atoms with van der Waals surface area (Å²) in [6.45, 7) is 1.96. The van der Waals surface area contributed by atoms with Crippen molar-refractivity contribution in [3.63, 3.8) is 0 Å². The second-order valence-corrected chi connectivity index (χ2v) is 8.11. The summed E-state index contributed by atoms with van der Waals surface area (Å²) in [5.74, 6) is 1.46. The van der Waals surface area contributed by atoms with Gasteiger partial charge in [0.15, 0.2) is 15.8 Å². The summed E-state index contributed by atoms with van der Waals surface area (Å²) >= 11 is 0. The highest BCUT2D eigenvalue weighted by atomic mass is 32.2. The van der Waals surface area contributed by atoms with E-state index in [2.05, 4.69) is 33.4 Å². The van der Waals surface area contributed by atoms with Gasteiger partial charge in [-0.15, -0.1) is 0 Å². The topological polar surface area (TPSA) is 71.0 Å². The Hall–Kier alpha value is -2.54. The fourth-order valence-corrected chi connectivity index (χ4v) is 3.60. The number of hydrogen-bond acceptors (Lipinski definition) is 4. The zero-order valence-electron chi connectivity index (χ0n) is 15.0. The van der Waals surface area contributed by atoms with Crippen LogP contribution in [0.15, 0.2) is 58.4 Å². The molecule has 0 amide bonds. The molecule has 138 valence electrons. The molecule has 0 atom stereocenters. The Morgan fingerprint density at radius 2 is 1.92 bits per heavy atom. The van der Waals surface area contributed by atoms with E-state index in [9.17, 15) is 8.42 Å². The molecular formula is C19H23N3O3S. The maximum absolute atomic E-state index is 11.5. The van der Waals surface area contributed by atoms with Gasteiger partial charge in [-0.05, 0) is 42.3 Å². The lowest BCUT2D eigenvalue weighted by Gasteiger charge is -2.22. The average Bonchev–Trinajstić information content (AvgIpc) is 3.05. The van der Waals surface area contributed by atoms with E-state index in [0.717, 1.165) is 18.9 Å². The summed E-state index contributed by atoms with van der Waals surface area (Å²) in [7, 11) is -1.41. The van der Waals surface area contributed by atoms with Gasteiger partial charge >= 0.3 is 0 Å². The van der Waals surface area contributed by atoms with Crippen LogP contribution in [-0.2, 0) is 16.3 Å². The van der Waals surface area contributed by atoms with Gasteiger partial charge in [0.25, 0.3) is 0 Å². The molecule has 0 fully saturated rings. The lowest BCUT2D eigenvalue weighted by Crippen LogP contribution is -2.42.